The Morgan fingerprint density at radius 2 is 2.29 bits per heavy atom. The zero-order valence-electron chi connectivity index (χ0n) is 8.75. The zero-order valence-corrected chi connectivity index (χ0v) is 9.57. The summed E-state index contributed by atoms with van der Waals surface area (Å²) in [6.45, 7) is 4.91. The Kier molecular flexibility index (Phi) is 5.75. The molecule has 0 aromatic carbocycles. The minimum atomic E-state index is 0.813. The lowest BCUT2D eigenvalue weighted by atomic mass is 10.2. The van der Waals surface area contributed by atoms with Crippen molar-refractivity contribution in [3.05, 3.63) is 16.1 Å². The van der Waals surface area contributed by atoms with Crippen LogP contribution in [0.2, 0.25) is 0 Å². The van der Waals surface area contributed by atoms with E-state index in [0.29, 0.717) is 0 Å². The van der Waals surface area contributed by atoms with Crippen LogP contribution in [0.3, 0.4) is 0 Å². The highest BCUT2D eigenvalue weighted by Gasteiger charge is 1.99. The summed E-state index contributed by atoms with van der Waals surface area (Å²) in [5.74, 6) is 0. The molecule has 3 N–H and O–H groups in total. The van der Waals surface area contributed by atoms with E-state index in [2.05, 4.69) is 17.2 Å². The van der Waals surface area contributed by atoms with Crippen molar-refractivity contribution in [2.75, 3.05) is 13.1 Å². The third-order valence-electron chi connectivity index (χ3n) is 2.19. The van der Waals surface area contributed by atoms with Gasteiger partial charge >= 0.3 is 0 Å². The van der Waals surface area contributed by atoms with Crippen LogP contribution >= 0.6 is 11.3 Å². The molecule has 0 saturated heterocycles. The van der Waals surface area contributed by atoms with Crippen LogP contribution in [-0.4, -0.2) is 18.1 Å². The molecule has 0 aliphatic rings. The van der Waals surface area contributed by atoms with Gasteiger partial charge in [-0.1, -0.05) is 6.42 Å². The fourth-order valence-corrected chi connectivity index (χ4v) is 2.02. The second-order valence-corrected chi connectivity index (χ2v) is 4.33. The fourth-order valence-electron chi connectivity index (χ4n) is 1.27. The summed E-state index contributed by atoms with van der Waals surface area (Å²) in [5, 5.41) is 3.42. The van der Waals surface area contributed by atoms with E-state index in [9.17, 15) is 0 Å². The van der Waals surface area contributed by atoms with Crippen molar-refractivity contribution in [2.45, 2.75) is 32.7 Å². The molecule has 14 heavy (non-hydrogen) atoms. The topological polar surface area (TPSA) is 50.9 Å². The third-order valence-corrected chi connectivity index (χ3v) is 3.12. The summed E-state index contributed by atoms with van der Waals surface area (Å²) < 4.78 is 0. The highest BCUT2D eigenvalue weighted by atomic mass is 32.1. The molecule has 0 aliphatic heterocycles. The Hall–Kier alpha value is -0.450. The van der Waals surface area contributed by atoms with Crippen molar-refractivity contribution in [2.24, 2.45) is 5.73 Å². The van der Waals surface area contributed by atoms with Gasteiger partial charge in [-0.2, -0.15) is 0 Å². The summed E-state index contributed by atoms with van der Waals surface area (Å²) in [5.41, 5.74) is 8.47. The summed E-state index contributed by atoms with van der Waals surface area (Å²) >= 11 is 1.72. The number of hydrogen-bond donors (Lipinski definition) is 2. The van der Waals surface area contributed by atoms with Gasteiger partial charge in [0.2, 0.25) is 0 Å². The van der Waals surface area contributed by atoms with Gasteiger partial charge in [-0.25, -0.2) is 4.98 Å². The Bertz CT molecular complexity index is 247. The van der Waals surface area contributed by atoms with Crippen molar-refractivity contribution >= 4 is 11.3 Å². The van der Waals surface area contributed by atoms with Crippen molar-refractivity contribution in [1.82, 2.24) is 10.3 Å². The van der Waals surface area contributed by atoms with Gasteiger partial charge in [0.1, 0.15) is 0 Å². The standard InChI is InChI=1S/C10H19N3S/c1-9-10(14-8-13-9)7-12-6-4-2-3-5-11/h8,12H,2-7,11H2,1H3. The molecule has 80 valence electrons. The number of hydrogen-bond acceptors (Lipinski definition) is 4. The molecule has 0 unspecified atom stereocenters. The SMILES string of the molecule is Cc1ncsc1CNCCCCCN. The Labute approximate surface area is 89.7 Å². The van der Waals surface area contributed by atoms with E-state index in [1.165, 1.54) is 17.7 Å². The molecule has 4 heteroatoms. The zero-order chi connectivity index (χ0) is 10.2. The molecule has 0 aliphatic carbocycles. The van der Waals surface area contributed by atoms with Crippen LogP contribution in [0.25, 0.3) is 0 Å². The molecule has 1 aromatic rings. The number of nitrogens with two attached hydrogens (primary N) is 1. The van der Waals surface area contributed by atoms with Crippen LogP contribution in [0.5, 0.6) is 0 Å². The maximum absolute atomic E-state index is 5.41. The molecular weight excluding hydrogens is 194 g/mol. The molecule has 0 saturated carbocycles. The van der Waals surface area contributed by atoms with Crippen molar-refractivity contribution in [1.29, 1.82) is 0 Å². The normalized spacial score (nSPS) is 10.7. The van der Waals surface area contributed by atoms with Crippen LogP contribution < -0.4 is 11.1 Å². The number of thiazole rings is 1. The first kappa shape index (κ1) is 11.6. The van der Waals surface area contributed by atoms with E-state index < -0.39 is 0 Å². The summed E-state index contributed by atoms with van der Waals surface area (Å²) in [4.78, 5) is 5.56. The Balaban J connectivity index is 2.02. The van der Waals surface area contributed by atoms with Crippen LogP contribution in [0.15, 0.2) is 5.51 Å². The van der Waals surface area contributed by atoms with E-state index in [1.807, 2.05) is 5.51 Å². The second-order valence-electron chi connectivity index (χ2n) is 3.39. The molecule has 0 radical (unpaired) electrons. The second kappa shape index (κ2) is 6.92. The molecule has 0 spiro atoms. The van der Waals surface area contributed by atoms with Crippen molar-refractivity contribution in [3.63, 3.8) is 0 Å². The largest absolute Gasteiger partial charge is 0.330 e. The van der Waals surface area contributed by atoms with Crippen molar-refractivity contribution < 1.29 is 0 Å². The first-order valence-corrected chi connectivity index (χ1v) is 6.02. The fraction of sp³-hybridized carbons (Fsp3) is 0.700. The lowest BCUT2D eigenvalue weighted by Gasteiger charge is -2.02. The van der Waals surface area contributed by atoms with E-state index in [-0.39, 0.29) is 0 Å². The average molecular weight is 213 g/mol. The third kappa shape index (κ3) is 4.17. The van der Waals surface area contributed by atoms with Gasteiger partial charge in [0, 0.05) is 11.4 Å². The maximum Gasteiger partial charge on any atom is 0.0798 e. The lowest BCUT2D eigenvalue weighted by Crippen LogP contribution is -2.14. The van der Waals surface area contributed by atoms with Crippen molar-refractivity contribution in [3.8, 4) is 0 Å². The van der Waals surface area contributed by atoms with Gasteiger partial charge in [0.25, 0.3) is 0 Å². The average Bonchev–Trinajstić information content (AvgIpc) is 2.58. The van der Waals surface area contributed by atoms with Gasteiger partial charge < -0.3 is 11.1 Å². The molecule has 1 heterocycles. The van der Waals surface area contributed by atoms with Gasteiger partial charge in [0.05, 0.1) is 11.2 Å². The molecule has 0 fully saturated rings. The van der Waals surface area contributed by atoms with Crippen LogP contribution in [0.1, 0.15) is 29.8 Å². The minimum absolute atomic E-state index is 0.813. The molecule has 0 amide bonds. The first-order valence-electron chi connectivity index (χ1n) is 5.14. The lowest BCUT2D eigenvalue weighted by molar-refractivity contribution is 0.608. The van der Waals surface area contributed by atoms with E-state index in [1.54, 1.807) is 11.3 Å². The number of aromatic nitrogens is 1. The van der Waals surface area contributed by atoms with E-state index >= 15 is 0 Å². The molecule has 3 nitrogen and oxygen atoms in total. The number of nitrogens with zero attached hydrogens (tertiary/aromatic N) is 1. The predicted molar refractivity (Wildman–Crippen MR) is 61.5 cm³/mol. The highest BCUT2D eigenvalue weighted by molar-refractivity contribution is 7.09. The minimum Gasteiger partial charge on any atom is -0.330 e. The smallest absolute Gasteiger partial charge is 0.0798 e. The molecule has 0 atom stereocenters. The van der Waals surface area contributed by atoms with Crippen LogP contribution in [0.4, 0.5) is 0 Å². The highest BCUT2D eigenvalue weighted by Crippen LogP contribution is 2.10. The number of unbranched alkanes of at least 4 members (excludes halogenated alkanes) is 2. The quantitative estimate of drug-likeness (QED) is 0.677. The number of rotatable bonds is 7. The van der Waals surface area contributed by atoms with Gasteiger partial charge in [-0.3, -0.25) is 0 Å². The first-order chi connectivity index (χ1) is 6.84. The number of nitrogens with one attached hydrogen (secondary N) is 1. The maximum atomic E-state index is 5.41. The summed E-state index contributed by atoms with van der Waals surface area (Å²) in [6.07, 6.45) is 3.58. The Morgan fingerprint density at radius 1 is 1.43 bits per heavy atom. The monoisotopic (exact) mass is 213 g/mol. The predicted octanol–water partition coefficient (Wildman–Crippen LogP) is 1.67. The molecule has 0 bridgehead atoms. The van der Waals surface area contributed by atoms with Gasteiger partial charge in [-0.15, -0.1) is 11.3 Å². The van der Waals surface area contributed by atoms with E-state index in [0.717, 1.165) is 31.7 Å². The summed E-state index contributed by atoms with van der Waals surface area (Å²) in [7, 11) is 0. The van der Waals surface area contributed by atoms with Crippen LogP contribution in [0, 0.1) is 6.92 Å². The molecule has 1 aromatic heterocycles. The Morgan fingerprint density at radius 3 is 2.93 bits per heavy atom. The van der Waals surface area contributed by atoms with Crippen LogP contribution in [-0.2, 0) is 6.54 Å². The van der Waals surface area contributed by atoms with E-state index in [4.69, 9.17) is 5.73 Å². The number of aryl methyl sites for hydroxylation is 1. The van der Waals surface area contributed by atoms with Gasteiger partial charge in [-0.05, 0) is 32.9 Å². The molecule has 1 rings (SSSR count). The van der Waals surface area contributed by atoms with Gasteiger partial charge in [0.15, 0.2) is 0 Å². The molecular formula is C10H19N3S. The summed E-state index contributed by atoms with van der Waals surface area (Å²) in [6, 6.07) is 0.